The summed E-state index contributed by atoms with van der Waals surface area (Å²) < 4.78 is 11.0. The second kappa shape index (κ2) is 21.3. The summed E-state index contributed by atoms with van der Waals surface area (Å²) in [7, 11) is 6.97. The van der Waals surface area contributed by atoms with Crippen LogP contribution in [0.5, 0.6) is 11.5 Å². The lowest BCUT2D eigenvalue weighted by molar-refractivity contribution is 0.0718. The zero-order chi connectivity index (χ0) is 37.2. The molecule has 11 nitrogen and oxygen atoms in total. The van der Waals surface area contributed by atoms with Crippen molar-refractivity contribution in [2.45, 2.75) is 45.7 Å². The highest BCUT2D eigenvalue weighted by Crippen LogP contribution is 2.36. The fraction of sp³-hybridized carbons (Fsp3) is 0.400. The van der Waals surface area contributed by atoms with Gasteiger partial charge in [-0.05, 0) is 62.7 Å². The SMILES string of the molecule is CC.CNCCC[C@H](c1ccc(OC)c(OC)c1)N(C)C(=O)c1c(C=O)cccc1N1CCN([C@H](C)c2ccccc2)CC1.O=Cc1cn[nH]c1. The first-order chi connectivity index (χ1) is 24.9. The van der Waals surface area contributed by atoms with Crippen molar-refractivity contribution in [1.29, 1.82) is 0 Å². The molecule has 0 unspecified atom stereocenters. The van der Waals surface area contributed by atoms with E-state index >= 15 is 0 Å². The Morgan fingerprint density at radius 2 is 1.65 bits per heavy atom. The molecule has 0 bridgehead atoms. The van der Waals surface area contributed by atoms with Gasteiger partial charge in [-0.3, -0.25) is 24.4 Å². The highest BCUT2D eigenvalue weighted by Gasteiger charge is 2.30. The summed E-state index contributed by atoms with van der Waals surface area (Å²) >= 11 is 0. The predicted octanol–water partition coefficient (Wildman–Crippen LogP) is 6.46. The second-order valence-electron chi connectivity index (χ2n) is 11.9. The third-order valence-electron chi connectivity index (χ3n) is 9.04. The third kappa shape index (κ3) is 10.7. The minimum absolute atomic E-state index is 0.169. The molecule has 1 aliphatic heterocycles. The molecular weight excluding hydrogens is 644 g/mol. The van der Waals surface area contributed by atoms with Gasteiger partial charge in [0.2, 0.25) is 0 Å². The van der Waals surface area contributed by atoms with Gasteiger partial charge < -0.3 is 24.6 Å². The Kier molecular flexibility index (Phi) is 16.9. The van der Waals surface area contributed by atoms with E-state index in [1.165, 1.54) is 18.0 Å². The van der Waals surface area contributed by atoms with Crippen LogP contribution in [0.3, 0.4) is 0 Å². The molecule has 4 aromatic rings. The number of hydrogen-bond acceptors (Lipinski definition) is 9. The number of anilines is 1. The van der Waals surface area contributed by atoms with Crippen molar-refractivity contribution in [3.63, 3.8) is 0 Å². The number of hydrogen-bond donors (Lipinski definition) is 2. The zero-order valence-corrected chi connectivity index (χ0v) is 31.1. The van der Waals surface area contributed by atoms with Gasteiger partial charge in [0, 0.05) is 51.0 Å². The second-order valence-corrected chi connectivity index (χ2v) is 11.9. The molecule has 1 aromatic heterocycles. The van der Waals surface area contributed by atoms with E-state index in [9.17, 15) is 14.4 Å². The number of aromatic nitrogens is 2. The Hall–Kier alpha value is -5.00. The zero-order valence-electron chi connectivity index (χ0n) is 31.1. The van der Waals surface area contributed by atoms with E-state index in [-0.39, 0.29) is 11.9 Å². The summed E-state index contributed by atoms with van der Waals surface area (Å²) in [5.74, 6) is 1.08. The molecule has 2 atom stereocenters. The van der Waals surface area contributed by atoms with E-state index in [4.69, 9.17) is 9.47 Å². The summed E-state index contributed by atoms with van der Waals surface area (Å²) in [5.41, 5.74) is 4.51. The summed E-state index contributed by atoms with van der Waals surface area (Å²) in [6.45, 7) is 10.3. The Morgan fingerprint density at radius 3 is 2.22 bits per heavy atom. The Labute approximate surface area is 302 Å². The van der Waals surface area contributed by atoms with Crippen LogP contribution in [-0.4, -0.2) is 99.5 Å². The smallest absolute Gasteiger partial charge is 0.256 e. The number of carbonyl (C=O) groups is 3. The van der Waals surface area contributed by atoms with Crippen molar-refractivity contribution in [3.8, 4) is 11.5 Å². The highest BCUT2D eigenvalue weighted by molar-refractivity contribution is 6.06. The van der Waals surface area contributed by atoms with E-state index in [0.717, 1.165) is 69.4 Å². The Balaban J connectivity index is 0.000000686. The standard InChI is InChI=1S/C34H44N4O4.C4H4N2O.C2H6/c1-25(26-11-7-6-8-12-26)37-19-21-38(22-20-37)30-14-9-13-28(24-39)33(30)34(40)36(3)29(15-10-18-35-2)27-16-17-31(41-4)32(23-27)42-5;7-3-4-1-5-6-2-4;1-2/h6-9,11-14,16-17,23-25,29,35H,10,15,18-22H2,1-5H3;1-3H,(H,5,6);1-2H3/t25-,29-;;/m1../s1. The van der Waals surface area contributed by atoms with Gasteiger partial charge in [0.05, 0.1) is 43.3 Å². The number of nitrogens with one attached hydrogen (secondary N) is 2. The number of rotatable bonds is 14. The molecule has 3 aromatic carbocycles. The lowest BCUT2D eigenvalue weighted by Gasteiger charge is -2.40. The van der Waals surface area contributed by atoms with Crippen LogP contribution in [0, 0.1) is 0 Å². The van der Waals surface area contributed by atoms with Gasteiger partial charge >= 0.3 is 0 Å². The van der Waals surface area contributed by atoms with Crippen LogP contribution in [-0.2, 0) is 0 Å². The predicted molar refractivity (Wildman–Crippen MR) is 203 cm³/mol. The first kappa shape index (κ1) is 40.4. The molecule has 2 N–H and O–H groups in total. The number of carbonyl (C=O) groups excluding carboxylic acids is 3. The van der Waals surface area contributed by atoms with Crippen LogP contribution >= 0.6 is 0 Å². The largest absolute Gasteiger partial charge is 0.493 e. The number of H-pyrrole nitrogens is 1. The summed E-state index contributed by atoms with van der Waals surface area (Å²) in [4.78, 5) is 42.9. The number of amides is 1. The molecule has 0 radical (unpaired) electrons. The maximum atomic E-state index is 14.3. The molecule has 0 saturated carbocycles. The number of methoxy groups -OCH3 is 2. The van der Waals surface area contributed by atoms with Gasteiger partial charge in [0.15, 0.2) is 24.1 Å². The van der Waals surface area contributed by atoms with Crippen LogP contribution in [0.1, 0.15) is 87.9 Å². The topological polar surface area (TPSA) is 120 Å². The molecule has 0 aliphatic carbocycles. The third-order valence-corrected chi connectivity index (χ3v) is 9.04. The number of piperazine rings is 1. The fourth-order valence-electron chi connectivity index (χ4n) is 6.20. The van der Waals surface area contributed by atoms with Crippen molar-refractivity contribution < 1.29 is 23.9 Å². The minimum Gasteiger partial charge on any atom is -0.493 e. The molecule has 274 valence electrons. The number of benzene rings is 3. The molecule has 2 heterocycles. The number of aldehydes is 2. The monoisotopic (exact) mass is 698 g/mol. The molecule has 1 aliphatic rings. The quantitative estimate of drug-likeness (QED) is 0.113. The highest BCUT2D eigenvalue weighted by atomic mass is 16.5. The van der Waals surface area contributed by atoms with Gasteiger partial charge in [-0.2, -0.15) is 5.10 Å². The lowest BCUT2D eigenvalue weighted by atomic mass is 9.97. The van der Waals surface area contributed by atoms with Gasteiger partial charge in [-0.1, -0.05) is 62.4 Å². The number of ether oxygens (including phenoxy) is 2. The maximum Gasteiger partial charge on any atom is 0.256 e. The fourth-order valence-corrected chi connectivity index (χ4v) is 6.20. The minimum atomic E-state index is -0.221. The van der Waals surface area contributed by atoms with E-state index in [1.807, 2.05) is 64.3 Å². The molecule has 1 saturated heterocycles. The Morgan fingerprint density at radius 1 is 0.941 bits per heavy atom. The average molecular weight is 699 g/mol. The van der Waals surface area contributed by atoms with Crippen molar-refractivity contribution in [3.05, 3.63) is 107 Å². The Bertz CT molecular complexity index is 1620. The molecule has 11 heteroatoms. The molecule has 51 heavy (non-hydrogen) atoms. The van der Waals surface area contributed by atoms with Crippen LogP contribution in [0.2, 0.25) is 0 Å². The number of aromatic amines is 1. The van der Waals surface area contributed by atoms with Crippen molar-refractivity contribution in [1.82, 2.24) is 25.3 Å². The normalized spacial score (nSPS) is 13.7. The van der Waals surface area contributed by atoms with E-state index < -0.39 is 0 Å². The number of nitrogens with zero attached hydrogens (tertiary/aromatic N) is 4. The van der Waals surface area contributed by atoms with Crippen LogP contribution in [0.15, 0.2) is 79.1 Å². The van der Waals surface area contributed by atoms with Crippen LogP contribution < -0.4 is 19.7 Å². The molecule has 1 amide bonds. The van der Waals surface area contributed by atoms with Gasteiger partial charge in [-0.25, -0.2) is 0 Å². The van der Waals surface area contributed by atoms with Crippen molar-refractivity contribution in [2.75, 3.05) is 65.9 Å². The summed E-state index contributed by atoms with van der Waals surface area (Å²) in [6, 6.07) is 22.0. The van der Waals surface area contributed by atoms with Crippen molar-refractivity contribution in [2.24, 2.45) is 0 Å². The van der Waals surface area contributed by atoms with Gasteiger partial charge in [0.25, 0.3) is 5.91 Å². The van der Waals surface area contributed by atoms with Crippen LogP contribution in [0.4, 0.5) is 5.69 Å². The van der Waals surface area contributed by atoms with E-state index in [2.05, 4.69) is 56.5 Å². The maximum absolute atomic E-state index is 14.3. The van der Waals surface area contributed by atoms with Gasteiger partial charge in [0.1, 0.15) is 0 Å². The van der Waals surface area contributed by atoms with E-state index in [0.29, 0.717) is 34.2 Å². The molecule has 1 fully saturated rings. The van der Waals surface area contributed by atoms with E-state index in [1.54, 1.807) is 25.2 Å². The van der Waals surface area contributed by atoms with Crippen LogP contribution in [0.25, 0.3) is 0 Å². The molecule has 0 spiro atoms. The lowest BCUT2D eigenvalue weighted by Crippen LogP contribution is -2.48. The first-order valence-corrected chi connectivity index (χ1v) is 17.6. The molecular formula is C40H54N6O5. The molecule has 5 rings (SSSR count). The first-order valence-electron chi connectivity index (χ1n) is 17.6. The average Bonchev–Trinajstić information content (AvgIpc) is 3.74. The summed E-state index contributed by atoms with van der Waals surface area (Å²) in [6.07, 6.45) is 6.15. The van der Waals surface area contributed by atoms with Gasteiger partial charge in [-0.15, -0.1) is 0 Å². The van der Waals surface area contributed by atoms with Crippen molar-refractivity contribution >= 4 is 24.2 Å². The summed E-state index contributed by atoms with van der Waals surface area (Å²) in [5, 5.41) is 9.24.